The number of nitrogens with one attached hydrogen (secondary N) is 2. The molecule has 4 nitrogen and oxygen atoms in total. The minimum Gasteiger partial charge on any atom is -0.356 e. The van der Waals surface area contributed by atoms with Crippen LogP contribution in [0, 0.1) is 18.6 Å². The van der Waals surface area contributed by atoms with Gasteiger partial charge in [0.05, 0.1) is 17.4 Å². The summed E-state index contributed by atoms with van der Waals surface area (Å²) in [4.78, 5) is 0. The van der Waals surface area contributed by atoms with Crippen LogP contribution in [-0.2, 0) is 7.05 Å². The van der Waals surface area contributed by atoms with Crippen molar-refractivity contribution in [2.75, 3.05) is 5.32 Å². The quantitative estimate of drug-likeness (QED) is 0.855. The number of hydrogen-bond donors (Lipinski definition) is 2. The summed E-state index contributed by atoms with van der Waals surface area (Å²) in [5.74, 6) is -1.32. The van der Waals surface area contributed by atoms with Crippen molar-refractivity contribution < 1.29 is 8.78 Å². The Bertz CT molecular complexity index is 669. The van der Waals surface area contributed by atoms with Crippen LogP contribution in [0.1, 0.15) is 24.2 Å². The molecule has 0 aliphatic rings. The van der Waals surface area contributed by atoms with Crippen molar-refractivity contribution >= 4 is 23.0 Å². The van der Waals surface area contributed by atoms with Crippen molar-refractivity contribution in [3.8, 4) is 0 Å². The van der Waals surface area contributed by atoms with Gasteiger partial charge in [0.25, 0.3) is 0 Å². The van der Waals surface area contributed by atoms with Gasteiger partial charge in [-0.05, 0) is 38.2 Å². The van der Waals surface area contributed by atoms with E-state index in [2.05, 4.69) is 15.7 Å². The number of anilines is 1. The highest BCUT2D eigenvalue weighted by Crippen LogP contribution is 2.17. The SMILES string of the molecule is Cc1nn(C)cc1C(C)NC(=S)Nc1ccc(F)cc1F. The minimum atomic E-state index is -0.690. The normalized spacial score (nSPS) is 12.0. The van der Waals surface area contributed by atoms with Gasteiger partial charge in [0.1, 0.15) is 11.6 Å². The summed E-state index contributed by atoms with van der Waals surface area (Å²) in [6.07, 6.45) is 1.90. The van der Waals surface area contributed by atoms with Crippen LogP contribution in [0.3, 0.4) is 0 Å². The third-order valence-corrected chi connectivity index (χ3v) is 3.26. The van der Waals surface area contributed by atoms with Crippen LogP contribution in [0.2, 0.25) is 0 Å². The molecule has 0 fully saturated rings. The first kappa shape index (κ1) is 15.4. The molecule has 7 heteroatoms. The summed E-state index contributed by atoms with van der Waals surface area (Å²) in [6.45, 7) is 3.84. The lowest BCUT2D eigenvalue weighted by Crippen LogP contribution is -2.31. The maximum atomic E-state index is 13.5. The Balaban J connectivity index is 2.03. The number of benzene rings is 1. The lowest BCUT2D eigenvalue weighted by Gasteiger charge is -2.17. The number of rotatable bonds is 3. The van der Waals surface area contributed by atoms with Gasteiger partial charge in [0.2, 0.25) is 0 Å². The highest BCUT2D eigenvalue weighted by molar-refractivity contribution is 7.80. The van der Waals surface area contributed by atoms with Crippen molar-refractivity contribution in [3.05, 3.63) is 47.3 Å². The Labute approximate surface area is 127 Å². The summed E-state index contributed by atoms with van der Waals surface area (Å²) < 4.78 is 28.1. The molecule has 1 unspecified atom stereocenters. The zero-order chi connectivity index (χ0) is 15.6. The molecule has 2 aromatic rings. The summed E-state index contributed by atoms with van der Waals surface area (Å²) in [7, 11) is 1.84. The first-order valence-electron chi connectivity index (χ1n) is 6.39. The molecule has 2 rings (SSSR count). The molecule has 1 atom stereocenters. The van der Waals surface area contributed by atoms with E-state index in [1.807, 2.05) is 27.1 Å². The molecule has 1 heterocycles. The maximum absolute atomic E-state index is 13.5. The molecule has 21 heavy (non-hydrogen) atoms. The van der Waals surface area contributed by atoms with Crippen LogP contribution in [0.25, 0.3) is 0 Å². The first-order valence-corrected chi connectivity index (χ1v) is 6.80. The number of aromatic nitrogens is 2. The summed E-state index contributed by atoms with van der Waals surface area (Å²) >= 11 is 5.14. The number of thiocarbonyl (C=S) groups is 1. The van der Waals surface area contributed by atoms with Gasteiger partial charge >= 0.3 is 0 Å². The largest absolute Gasteiger partial charge is 0.356 e. The molecule has 0 aliphatic carbocycles. The standard InChI is InChI=1S/C14H16F2N4S/c1-8(11-7-20(3)19-9(11)2)17-14(21)18-13-5-4-10(15)6-12(13)16/h4-8H,1-3H3,(H2,17,18,21). The van der Waals surface area contributed by atoms with Crippen molar-refractivity contribution in [2.45, 2.75) is 19.9 Å². The van der Waals surface area contributed by atoms with E-state index in [9.17, 15) is 8.78 Å². The second kappa shape index (κ2) is 6.17. The zero-order valence-corrected chi connectivity index (χ0v) is 12.8. The Kier molecular flexibility index (Phi) is 4.52. The predicted octanol–water partition coefficient (Wildman–Crippen LogP) is 3.05. The van der Waals surface area contributed by atoms with Crippen molar-refractivity contribution in [1.82, 2.24) is 15.1 Å². The smallest absolute Gasteiger partial charge is 0.171 e. The van der Waals surface area contributed by atoms with E-state index in [1.165, 1.54) is 12.1 Å². The lowest BCUT2D eigenvalue weighted by molar-refractivity contribution is 0.586. The Hall–Kier alpha value is -2.02. The third kappa shape index (κ3) is 3.75. The predicted molar refractivity (Wildman–Crippen MR) is 82.1 cm³/mol. The van der Waals surface area contributed by atoms with E-state index < -0.39 is 11.6 Å². The zero-order valence-electron chi connectivity index (χ0n) is 11.9. The van der Waals surface area contributed by atoms with Crippen LogP contribution in [0.15, 0.2) is 24.4 Å². The van der Waals surface area contributed by atoms with E-state index in [-0.39, 0.29) is 16.8 Å². The van der Waals surface area contributed by atoms with Crippen molar-refractivity contribution in [3.63, 3.8) is 0 Å². The monoisotopic (exact) mass is 310 g/mol. The number of nitrogens with zero attached hydrogens (tertiary/aromatic N) is 2. The van der Waals surface area contributed by atoms with E-state index in [0.717, 1.165) is 17.3 Å². The second-order valence-electron chi connectivity index (χ2n) is 4.79. The number of aryl methyl sites for hydroxylation is 2. The van der Waals surface area contributed by atoms with Crippen LogP contribution >= 0.6 is 12.2 Å². The van der Waals surface area contributed by atoms with Gasteiger partial charge in [0.15, 0.2) is 5.11 Å². The van der Waals surface area contributed by atoms with Gasteiger partial charge in [-0.1, -0.05) is 0 Å². The molecule has 2 N–H and O–H groups in total. The molecule has 112 valence electrons. The maximum Gasteiger partial charge on any atom is 0.171 e. The fourth-order valence-electron chi connectivity index (χ4n) is 2.07. The third-order valence-electron chi connectivity index (χ3n) is 3.04. The average Bonchev–Trinajstić information content (AvgIpc) is 2.72. The van der Waals surface area contributed by atoms with Gasteiger partial charge in [0, 0.05) is 24.9 Å². The van der Waals surface area contributed by atoms with Gasteiger partial charge in [-0.25, -0.2) is 8.78 Å². The van der Waals surface area contributed by atoms with E-state index in [0.29, 0.717) is 0 Å². The fourth-order valence-corrected chi connectivity index (χ4v) is 2.35. The fraction of sp³-hybridized carbons (Fsp3) is 0.286. The summed E-state index contributed by atoms with van der Waals surface area (Å²) in [5.41, 5.74) is 2.03. The lowest BCUT2D eigenvalue weighted by atomic mass is 10.1. The van der Waals surface area contributed by atoms with Crippen LogP contribution in [0.4, 0.5) is 14.5 Å². The Morgan fingerprint density at radius 2 is 2.10 bits per heavy atom. The summed E-state index contributed by atoms with van der Waals surface area (Å²) in [6, 6.07) is 3.20. The van der Waals surface area contributed by atoms with Crippen LogP contribution < -0.4 is 10.6 Å². The van der Waals surface area contributed by atoms with Crippen molar-refractivity contribution in [1.29, 1.82) is 0 Å². The van der Waals surface area contributed by atoms with Gasteiger partial charge in [-0.3, -0.25) is 4.68 Å². The molecule has 1 aromatic heterocycles. The van der Waals surface area contributed by atoms with Gasteiger partial charge in [-0.2, -0.15) is 5.10 Å². The number of hydrogen-bond acceptors (Lipinski definition) is 2. The average molecular weight is 310 g/mol. The van der Waals surface area contributed by atoms with Crippen molar-refractivity contribution in [2.24, 2.45) is 7.05 Å². The first-order chi connectivity index (χ1) is 9.86. The molecule has 0 radical (unpaired) electrons. The topological polar surface area (TPSA) is 41.9 Å². The minimum absolute atomic E-state index is 0.0813. The van der Waals surface area contributed by atoms with E-state index >= 15 is 0 Å². The molecule has 1 aromatic carbocycles. The Morgan fingerprint density at radius 1 is 1.38 bits per heavy atom. The Morgan fingerprint density at radius 3 is 2.67 bits per heavy atom. The number of halogens is 2. The highest BCUT2D eigenvalue weighted by Gasteiger charge is 2.13. The summed E-state index contributed by atoms with van der Waals surface area (Å²) in [5, 5.41) is 10.3. The van der Waals surface area contributed by atoms with E-state index in [1.54, 1.807) is 4.68 Å². The molecule has 0 saturated carbocycles. The molecule has 0 aliphatic heterocycles. The highest BCUT2D eigenvalue weighted by atomic mass is 32.1. The van der Waals surface area contributed by atoms with Crippen LogP contribution in [0.5, 0.6) is 0 Å². The molecule has 0 amide bonds. The van der Waals surface area contributed by atoms with Gasteiger partial charge < -0.3 is 10.6 Å². The molecular formula is C14H16F2N4S. The second-order valence-corrected chi connectivity index (χ2v) is 5.20. The molecule has 0 bridgehead atoms. The molecule has 0 spiro atoms. The molecule has 0 saturated heterocycles. The van der Waals surface area contributed by atoms with E-state index in [4.69, 9.17) is 12.2 Å². The molecular weight excluding hydrogens is 294 g/mol. The van der Waals surface area contributed by atoms with Gasteiger partial charge in [-0.15, -0.1) is 0 Å². The van der Waals surface area contributed by atoms with Crippen LogP contribution in [-0.4, -0.2) is 14.9 Å².